The van der Waals surface area contributed by atoms with Crippen molar-refractivity contribution in [3.8, 4) is 0 Å². The Morgan fingerprint density at radius 2 is 2.26 bits per heavy atom. The van der Waals surface area contributed by atoms with Gasteiger partial charge >= 0.3 is 5.97 Å². The quantitative estimate of drug-likeness (QED) is 0.615. The Balaban J connectivity index is 2.55. The highest BCUT2D eigenvalue weighted by molar-refractivity contribution is 6.33. The molecule has 0 radical (unpaired) electrons. The number of carbonyl (C=O) groups is 1. The molecule has 5 nitrogen and oxygen atoms in total. The average Bonchev–Trinajstić information content (AvgIpc) is 2.36. The van der Waals surface area contributed by atoms with E-state index in [2.05, 4.69) is 15.2 Å². The predicted molar refractivity (Wildman–Crippen MR) is 76.9 cm³/mol. The minimum Gasteiger partial charge on any atom is -0.462 e. The van der Waals surface area contributed by atoms with Gasteiger partial charge in [-0.2, -0.15) is 0 Å². The lowest BCUT2D eigenvalue weighted by molar-refractivity contribution is 0.0526. The third-order valence-electron chi connectivity index (χ3n) is 2.43. The van der Waals surface area contributed by atoms with Crippen LogP contribution < -0.4 is 5.32 Å². The Bertz CT molecular complexity index is 424. The molecule has 0 saturated heterocycles. The molecule has 0 fully saturated rings. The van der Waals surface area contributed by atoms with Gasteiger partial charge in [0.2, 0.25) is 0 Å². The van der Waals surface area contributed by atoms with Crippen LogP contribution in [-0.4, -0.2) is 49.6 Å². The number of halogens is 1. The molecule has 19 heavy (non-hydrogen) atoms. The van der Waals surface area contributed by atoms with Crippen molar-refractivity contribution in [3.63, 3.8) is 0 Å². The molecule has 0 amide bonds. The number of pyridine rings is 1. The first-order chi connectivity index (χ1) is 9.04. The zero-order valence-electron chi connectivity index (χ0n) is 11.6. The zero-order chi connectivity index (χ0) is 14.3. The number of carbonyl (C=O) groups excluding carboxylic acids is 1. The van der Waals surface area contributed by atoms with Crippen LogP contribution >= 0.6 is 11.6 Å². The predicted octanol–water partition coefficient (Wildman–Crippen LogP) is 2.28. The fourth-order valence-electron chi connectivity index (χ4n) is 1.50. The molecule has 0 atom stereocenters. The number of hydrogen-bond acceptors (Lipinski definition) is 5. The number of rotatable bonds is 7. The molecule has 1 heterocycles. The monoisotopic (exact) mass is 285 g/mol. The van der Waals surface area contributed by atoms with E-state index in [0.29, 0.717) is 23.0 Å². The number of nitrogens with zero attached hydrogens (tertiary/aromatic N) is 2. The molecule has 106 valence electrons. The molecular weight excluding hydrogens is 266 g/mol. The van der Waals surface area contributed by atoms with Gasteiger partial charge in [0.15, 0.2) is 0 Å². The van der Waals surface area contributed by atoms with Crippen LogP contribution in [0.4, 0.5) is 5.82 Å². The van der Waals surface area contributed by atoms with Crippen LogP contribution in [-0.2, 0) is 4.74 Å². The topological polar surface area (TPSA) is 54.5 Å². The van der Waals surface area contributed by atoms with Crippen molar-refractivity contribution in [1.82, 2.24) is 9.88 Å². The number of nitrogens with one attached hydrogen (secondary N) is 1. The molecule has 0 aromatic carbocycles. The summed E-state index contributed by atoms with van der Waals surface area (Å²) in [7, 11) is 4.05. The van der Waals surface area contributed by atoms with Gasteiger partial charge in [0, 0.05) is 12.7 Å². The van der Waals surface area contributed by atoms with Gasteiger partial charge < -0.3 is 15.0 Å². The van der Waals surface area contributed by atoms with Gasteiger partial charge in [-0.1, -0.05) is 11.6 Å². The number of esters is 1. The Hall–Kier alpha value is -1.33. The number of aromatic nitrogens is 1. The van der Waals surface area contributed by atoms with E-state index in [0.717, 1.165) is 19.5 Å². The molecule has 6 heteroatoms. The molecule has 1 aromatic heterocycles. The van der Waals surface area contributed by atoms with Crippen LogP contribution in [0, 0.1) is 0 Å². The van der Waals surface area contributed by atoms with Gasteiger partial charge in [-0.15, -0.1) is 0 Å². The Kier molecular flexibility index (Phi) is 6.59. The van der Waals surface area contributed by atoms with Crippen molar-refractivity contribution < 1.29 is 9.53 Å². The molecule has 1 aromatic rings. The minimum atomic E-state index is -0.406. The molecule has 0 aliphatic heterocycles. The van der Waals surface area contributed by atoms with Gasteiger partial charge in [0.1, 0.15) is 5.82 Å². The second-order valence-electron chi connectivity index (χ2n) is 4.36. The fourth-order valence-corrected chi connectivity index (χ4v) is 1.73. The van der Waals surface area contributed by atoms with Crippen molar-refractivity contribution in [3.05, 3.63) is 22.8 Å². The average molecular weight is 286 g/mol. The maximum Gasteiger partial charge on any atom is 0.339 e. The molecule has 1 N–H and O–H groups in total. The summed E-state index contributed by atoms with van der Waals surface area (Å²) in [5.41, 5.74) is 0.366. The summed E-state index contributed by atoms with van der Waals surface area (Å²) < 4.78 is 4.88. The van der Waals surface area contributed by atoms with E-state index >= 15 is 0 Å². The first-order valence-electron chi connectivity index (χ1n) is 6.26. The molecule has 0 spiro atoms. The number of hydrogen-bond donors (Lipinski definition) is 1. The summed E-state index contributed by atoms with van der Waals surface area (Å²) in [5, 5.41) is 3.57. The molecule has 1 rings (SSSR count). The van der Waals surface area contributed by atoms with Crippen molar-refractivity contribution in [1.29, 1.82) is 0 Å². The largest absolute Gasteiger partial charge is 0.462 e. The lowest BCUT2D eigenvalue weighted by atomic mass is 10.3. The summed E-state index contributed by atoms with van der Waals surface area (Å²) in [4.78, 5) is 17.7. The lowest BCUT2D eigenvalue weighted by Crippen LogP contribution is -2.16. The third-order valence-corrected chi connectivity index (χ3v) is 2.71. The summed E-state index contributed by atoms with van der Waals surface area (Å²) in [6.45, 7) is 3.86. The summed E-state index contributed by atoms with van der Waals surface area (Å²) in [5.74, 6) is 0.185. The highest BCUT2D eigenvalue weighted by atomic mass is 35.5. The highest BCUT2D eigenvalue weighted by Crippen LogP contribution is 2.20. The van der Waals surface area contributed by atoms with E-state index in [4.69, 9.17) is 16.3 Å². The first-order valence-corrected chi connectivity index (χ1v) is 6.63. The van der Waals surface area contributed by atoms with Crippen LogP contribution in [0.25, 0.3) is 0 Å². The maximum absolute atomic E-state index is 11.5. The van der Waals surface area contributed by atoms with Crippen molar-refractivity contribution in [2.75, 3.05) is 39.1 Å². The molecular formula is C13H20ClN3O2. The van der Waals surface area contributed by atoms with Gasteiger partial charge in [0.05, 0.1) is 17.2 Å². The molecule has 0 aliphatic rings. The molecule has 0 saturated carbocycles. The standard InChI is InChI=1S/C13H20ClN3O2/c1-4-19-13(18)10-8-11(14)12(16-9-10)15-6-5-7-17(2)3/h8-9H,4-7H2,1-3H3,(H,15,16). The maximum atomic E-state index is 11.5. The molecule has 0 aliphatic carbocycles. The highest BCUT2D eigenvalue weighted by Gasteiger charge is 2.10. The summed E-state index contributed by atoms with van der Waals surface area (Å²) in [6.07, 6.45) is 2.46. The van der Waals surface area contributed by atoms with Crippen LogP contribution in [0.15, 0.2) is 12.3 Å². The SMILES string of the molecule is CCOC(=O)c1cnc(NCCCN(C)C)c(Cl)c1. The minimum absolute atomic E-state index is 0.334. The van der Waals surface area contributed by atoms with Crippen molar-refractivity contribution in [2.24, 2.45) is 0 Å². The van der Waals surface area contributed by atoms with E-state index in [1.54, 1.807) is 13.0 Å². The Labute approximate surface area is 118 Å². The zero-order valence-corrected chi connectivity index (χ0v) is 12.3. The van der Waals surface area contributed by atoms with E-state index in [9.17, 15) is 4.79 Å². The van der Waals surface area contributed by atoms with E-state index in [-0.39, 0.29) is 0 Å². The Morgan fingerprint density at radius 3 is 2.84 bits per heavy atom. The second kappa shape index (κ2) is 7.96. The molecule has 0 unspecified atom stereocenters. The number of anilines is 1. The number of ether oxygens (including phenoxy) is 1. The van der Waals surface area contributed by atoms with E-state index < -0.39 is 5.97 Å². The Morgan fingerprint density at radius 1 is 1.53 bits per heavy atom. The van der Waals surface area contributed by atoms with Crippen LogP contribution in [0.2, 0.25) is 5.02 Å². The van der Waals surface area contributed by atoms with Crippen molar-refractivity contribution >= 4 is 23.4 Å². The molecule has 0 bridgehead atoms. The van der Waals surface area contributed by atoms with Gasteiger partial charge in [-0.3, -0.25) is 0 Å². The summed E-state index contributed by atoms with van der Waals surface area (Å²) in [6, 6.07) is 1.57. The first kappa shape index (κ1) is 15.7. The second-order valence-corrected chi connectivity index (χ2v) is 4.77. The van der Waals surface area contributed by atoms with Crippen molar-refractivity contribution in [2.45, 2.75) is 13.3 Å². The van der Waals surface area contributed by atoms with Gasteiger partial charge in [0.25, 0.3) is 0 Å². The third kappa shape index (κ3) is 5.44. The smallest absolute Gasteiger partial charge is 0.339 e. The van der Waals surface area contributed by atoms with Gasteiger partial charge in [-0.05, 0) is 40.1 Å². The fraction of sp³-hybridized carbons (Fsp3) is 0.538. The van der Waals surface area contributed by atoms with Crippen LogP contribution in [0.5, 0.6) is 0 Å². The summed E-state index contributed by atoms with van der Waals surface area (Å²) >= 11 is 6.07. The van der Waals surface area contributed by atoms with E-state index in [1.807, 2.05) is 14.1 Å². The van der Waals surface area contributed by atoms with Gasteiger partial charge in [-0.25, -0.2) is 9.78 Å². The lowest BCUT2D eigenvalue weighted by Gasteiger charge is -2.11. The van der Waals surface area contributed by atoms with Crippen LogP contribution in [0.3, 0.4) is 0 Å². The normalized spacial score (nSPS) is 10.6. The van der Waals surface area contributed by atoms with Crippen LogP contribution in [0.1, 0.15) is 23.7 Å². The van der Waals surface area contributed by atoms with E-state index in [1.165, 1.54) is 6.20 Å².